The molecule has 1 unspecified atom stereocenters. The highest BCUT2D eigenvalue weighted by Crippen LogP contribution is 2.16. The molecule has 12 heavy (non-hydrogen) atoms. The standard InChI is InChI=1S/C8H13NO2S/c1-6(11)7-5-12-8(9-7)3-2-4-10/h5-6,10-11H,2-4H2,1H3. The lowest BCUT2D eigenvalue weighted by molar-refractivity contribution is 0.195. The van der Waals surface area contributed by atoms with Crippen molar-refractivity contribution in [3.05, 3.63) is 16.1 Å². The Hall–Kier alpha value is -0.450. The number of aromatic nitrogens is 1. The van der Waals surface area contributed by atoms with Gasteiger partial charge in [-0.1, -0.05) is 0 Å². The Kier molecular flexibility index (Phi) is 3.65. The van der Waals surface area contributed by atoms with Crippen molar-refractivity contribution in [2.45, 2.75) is 25.9 Å². The molecule has 0 radical (unpaired) electrons. The molecule has 0 amide bonds. The Balaban J connectivity index is 2.52. The summed E-state index contributed by atoms with van der Waals surface area (Å²) in [5.74, 6) is 0. The number of aryl methyl sites for hydroxylation is 1. The van der Waals surface area contributed by atoms with E-state index in [1.54, 1.807) is 6.92 Å². The number of hydrogen-bond donors (Lipinski definition) is 2. The lowest BCUT2D eigenvalue weighted by atomic mass is 10.3. The van der Waals surface area contributed by atoms with E-state index in [4.69, 9.17) is 10.2 Å². The molecule has 1 heterocycles. The van der Waals surface area contributed by atoms with Crippen molar-refractivity contribution in [1.29, 1.82) is 0 Å². The quantitative estimate of drug-likeness (QED) is 0.742. The Morgan fingerprint density at radius 3 is 2.92 bits per heavy atom. The second-order valence-electron chi connectivity index (χ2n) is 2.67. The summed E-state index contributed by atoms with van der Waals surface area (Å²) in [5.41, 5.74) is 0.730. The van der Waals surface area contributed by atoms with Crippen molar-refractivity contribution in [2.24, 2.45) is 0 Å². The molecule has 0 saturated heterocycles. The second kappa shape index (κ2) is 4.54. The molecule has 3 nitrogen and oxygen atoms in total. The van der Waals surface area contributed by atoms with Crippen molar-refractivity contribution < 1.29 is 10.2 Å². The van der Waals surface area contributed by atoms with E-state index in [1.165, 1.54) is 11.3 Å². The van der Waals surface area contributed by atoms with E-state index in [2.05, 4.69) is 4.98 Å². The van der Waals surface area contributed by atoms with Gasteiger partial charge in [-0.25, -0.2) is 4.98 Å². The van der Waals surface area contributed by atoms with Crippen molar-refractivity contribution in [3.63, 3.8) is 0 Å². The largest absolute Gasteiger partial charge is 0.396 e. The fourth-order valence-electron chi connectivity index (χ4n) is 0.862. The summed E-state index contributed by atoms with van der Waals surface area (Å²) in [6.07, 6.45) is 1.06. The van der Waals surface area contributed by atoms with E-state index < -0.39 is 6.10 Å². The summed E-state index contributed by atoms with van der Waals surface area (Å²) in [5, 5.41) is 20.6. The molecule has 0 aromatic carbocycles. The molecule has 0 bridgehead atoms. The van der Waals surface area contributed by atoms with Crippen LogP contribution in [-0.4, -0.2) is 21.8 Å². The van der Waals surface area contributed by atoms with Crippen molar-refractivity contribution >= 4 is 11.3 Å². The number of rotatable bonds is 4. The smallest absolute Gasteiger partial charge is 0.0940 e. The first kappa shape index (κ1) is 9.64. The van der Waals surface area contributed by atoms with Crippen LogP contribution < -0.4 is 0 Å². The van der Waals surface area contributed by atoms with Gasteiger partial charge in [-0.3, -0.25) is 0 Å². The number of aliphatic hydroxyl groups is 2. The Labute approximate surface area is 75.7 Å². The first-order valence-electron chi connectivity index (χ1n) is 3.97. The summed E-state index contributed by atoms with van der Waals surface area (Å²) in [6.45, 7) is 1.90. The minimum Gasteiger partial charge on any atom is -0.396 e. The first-order valence-corrected chi connectivity index (χ1v) is 4.85. The minimum absolute atomic E-state index is 0.198. The first-order chi connectivity index (χ1) is 5.74. The van der Waals surface area contributed by atoms with Gasteiger partial charge in [0.15, 0.2) is 0 Å². The van der Waals surface area contributed by atoms with Crippen LogP contribution in [0.4, 0.5) is 0 Å². The van der Waals surface area contributed by atoms with Crippen LogP contribution in [0.15, 0.2) is 5.38 Å². The zero-order valence-electron chi connectivity index (χ0n) is 7.03. The number of thiazole rings is 1. The van der Waals surface area contributed by atoms with Crippen molar-refractivity contribution in [1.82, 2.24) is 4.98 Å². The second-order valence-corrected chi connectivity index (χ2v) is 3.61. The molecule has 0 spiro atoms. The van der Waals surface area contributed by atoms with E-state index in [1.807, 2.05) is 5.38 Å². The van der Waals surface area contributed by atoms with E-state index >= 15 is 0 Å². The minimum atomic E-state index is -0.482. The van der Waals surface area contributed by atoms with Crippen molar-refractivity contribution in [2.75, 3.05) is 6.61 Å². The highest BCUT2D eigenvalue weighted by Gasteiger charge is 2.05. The molecular formula is C8H13NO2S. The molecule has 1 rings (SSSR count). The maximum Gasteiger partial charge on any atom is 0.0940 e. The molecule has 2 N–H and O–H groups in total. The van der Waals surface area contributed by atoms with E-state index in [0.29, 0.717) is 0 Å². The molecular weight excluding hydrogens is 174 g/mol. The highest BCUT2D eigenvalue weighted by atomic mass is 32.1. The van der Waals surface area contributed by atoms with Gasteiger partial charge in [0.1, 0.15) is 0 Å². The zero-order chi connectivity index (χ0) is 8.97. The maximum atomic E-state index is 9.16. The van der Waals surface area contributed by atoms with Gasteiger partial charge in [0.2, 0.25) is 0 Å². The van der Waals surface area contributed by atoms with Crippen molar-refractivity contribution in [3.8, 4) is 0 Å². The molecule has 1 aromatic rings. The molecule has 1 aromatic heterocycles. The fourth-order valence-corrected chi connectivity index (χ4v) is 1.79. The van der Waals surface area contributed by atoms with Crippen LogP contribution in [0.3, 0.4) is 0 Å². The summed E-state index contributed by atoms with van der Waals surface area (Å²) in [4.78, 5) is 4.20. The molecule has 0 aliphatic rings. The fraction of sp³-hybridized carbons (Fsp3) is 0.625. The van der Waals surface area contributed by atoms with Crippen LogP contribution in [-0.2, 0) is 6.42 Å². The summed E-state index contributed by atoms with van der Waals surface area (Å²) < 4.78 is 0. The summed E-state index contributed by atoms with van der Waals surface area (Å²) in [6, 6.07) is 0. The van der Waals surface area contributed by atoms with Gasteiger partial charge in [-0.15, -0.1) is 11.3 Å². The number of nitrogens with zero attached hydrogens (tertiary/aromatic N) is 1. The molecule has 0 aliphatic carbocycles. The van der Waals surface area contributed by atoms with E-state index in [-0.39, 0.29) is 6.61 Å². The lowest BCUT2D eigenvalue weighted by Crippen LogP contribution is -1.93. The predicted octanol–water partition coefficient (Wildman–Crippen LogP) is 1.12. The lowest BCUT2D eigenvalue weighted by Gasteiger charge is -1.96. The van der Waals surface area contributed by atoms with Crippen LogP contribution in [0, 0.1) is 0 Å². The van der Waals surface area contributed by atoms with Gasteiger partial charge in [-0.05, 0) is 13.3 Å². The Bertz CT molecular complexity index is 235. The van der Waals surface area contributed by atoms with E-state index in [9.17, 15) is 0 Å². The average Bonchev–Trinajstić information content (AvgIpc) is 2.48. The Morgan fingerprint density at radius 2 is 2.42 bits per heavy atom. The third-order valence-electron chi connectivity index (χ3n) is 1.55. The van der Waals surface area contributed by atoms with Gasteiger partial charge < -0.3 is 10.2 Å². The normalized spacial score (nSPS) is 13.2. The summed E-state index contributed by atoms with van der Waals surface area (Å²) in [7, 11) is 0. The molecule has 0 aliphatic heterocycles. The highest BCUT2D eigenvalue weighted by molar-refractivity contribution is 7.09. The third kappa shape index (κ3) is 2.55. The number of aliphatic hydroxyl groups excluding tert-OH is 2. The van der Waals surface area contributed by atoms with Gasteiger partial charge >= 0.3 is 0 Å². The van der Waals surface area contributed by atoms with Crippen LogP contribution in [0.1, 0.15) is 30.2 Å². The number of hydrogen-bond acceptors (Lipinski definition) is 4. The molecule has 0 fully saturated rings. The maximum absolute atomic E-state index is 9.16. The van der Waals surface area contributed by atoms with Gasteiger partial charge in [0.25, 0.3) is 0 Å². The summed E-state index contributed by atoms with van der Waals surface area (Å²) >= 11 is 1.54. The third-order valence-corrected chi connectivity index (χ3v) is 2.47. The van der Waals surface area contributed by atoms with Gasteiger partial charge in [0.05, 0.1) is 16.8 Å². The topological polar surface area (TPSA) is 53.4 Å². The Morgan fingerprint density at radius 1 is 1.67 bits per heavy atom. The predicted molar refractivity (Wildman–Crippen MR) is 48.2 cm³/mol. The van der Waals surface area contributed by atoms with Gasteiger partial charge in [0, 0.05) is 18.4 Å². The van der Waals surface area contributed by atoms with Gasteiger partial charge in [-0.2, -0.15) is 0 Å². The zero-order valence-corrected chi connectivity index (χ0v) is 7.84. The van der Waals surface area contributed by atoms with E-state index in [0.717, 1.165) is 23.5 Å². The van der Waals surface area contributed by atoms with Crippen LogP contribution >= 0.6 is 11.3 Å². The van der Waals surface area contributed by atoms with Crippen LogP contribution in [0.25, 0.3) is 0 Å². The average molecular weight is 187 g/mol. The van der Waals surface area contributed by atoms with Crippen LogP contribution in [0.2, 0.25) is 0 Å². The van der Waals surface area contributed by atoms with Crippen LogP contribution in [0.5, 0.6) is 0 Å². The monoisotopic (exact) mass is 187 g/mol. The SMILES string of the molecule is CC(O)c1csc(CCCO)n1. The molecule has 4 heteroatoms. The molecule has 1 atom stereocenters. The molecule has 68 valence electrons. The molecule has 0 saturated carbocycles.